The third kappa shape index (κ3) is 2.26. The van der Waals surface area contributed by atoms with Crippen LogP contribution in [0.3, 0.4) is 0 Å². The number of hydrogen-bond acceptors (Lipinski definition) is 3. The molecule has 0 atom stereocenters. The van der Waals surface area contributed by atoms with Crippen LogP contribution in [0.15, 0.2) is 34.0 Å². The molecular formula is C13H14N2O2S. The molecule has 1 aromatic carbocycles. The highest BCUT2D eigenvalue weighted by Gasteiger charge is 2.12. The topological polar surface area (TPSA) is 54.9 Å². The second-order valence-electron chi connectivity index (χ2n) is 3.84. The van der Waals surface area contributed by atoms with Crippen molar-refractivity contribution in [3.63, 3.8) is 0 Å². The molecule has 1 N–H and O–H groups in total. The fourth-order valence-electron chi connectivity index (χ4n) is 1.78. The van der Waals surface area contributed by atoms with E-state index < -0.39 is 0 Å². The molecule has 18 heavy (non-hydrogen) atoms. The van der Waals surface area contributed by atoms with Gasteiger partial charge in [-0.1, -0.05) is 19.1 Å². The molecule has 0 saturated heterocycles. The number of aryl methyl sites for hydroxylation is 1. The lowest BCUT2D eigenvalue weighted by molar-refractivity contribution is 0.112. The molecule has 1 aromatic heterocycles. The zero-order chi connectivity index (χ0) is 13.1. The fraction of sp³-hybridized carbons (Fsp3) is 0.231. The third-order valence-electron chi connectivity index (χ3n) is 2.66. The quantitative estimate of drug-likeness (QED) is 0.679. The first-order chi connectivity index (χ1) is 8.67. The largest absolute Gasteiger partial charge is 0.298 e. The van der Waals surface area contributed by atoms with E-state index in [1.54, 1.807) is 18.8 Å². The summed E-state index contributed by atoms with van der Waals surface area (Å²) in [6.07, 6.45) is 0.600. The van der Waals surface area contributed by atoms with E-state index in [1.165, 1.54) is 9.58 Å². The van der Waals surface area contributed by atoms with Crippen molar-refractivity contribution in [2.75, 3.05) is 5.75 Å². The predicted octanol–water partition coefficient (Wildman–Crippen LogP) is 2.30. The average molecular weight is 262 g/mol. The van der Waals surface area contributed by atoms with Crippen molar-refractivity contribution >= 4 is 18.0 Å². The predicted molar refractivity (Wildman–Crippen MR) is 73.3 cm³/mol. The van der Waals surface area contributed by atoms with Gasteiger partial charge < -0.3 is 0 Å². The van der Waals surface area contributed by atoms with Gasteiger partial charge in [0.1, 0.15) is 5.56 Å². The van der Waals surface area contributed by atoms with E-state index in [4.69, 9.17) is 0 Å². The highest BCUT2D eigenvalue weighted by molar-refractivity contribution is 7.99. The lowest BCUT2D eigenvalue weighted by Gasteiger charge is -2.01. The van der Waals surface area contributed by atoms with E-state index in [1.807, 2.05) is 24.3 Å². The van der Waals surface area contributed by atoms with Crippen molar-refractivity contribution < 1.29 is 4.79 Å². The molecule has 0 aliphatic heterocycles. The Balaban J connectivity index is 2.45. The van der Waals surface area contributed by atoms with Gasteiger partial charge in [-0.25, -0.2) is 0 Å². The zero-order valence-corrected chi connectivity index (χ0v) is 11.1. The van der Waals surface area contributed by atoms with E-state index in [2.05, 4.69) is 12.0 Å². The molecule has 0 aliphatic rings. The number of carbonyl (C=O) groups excluding carboxylic acids is 1. The van der Waals surface area contributed by atoms with Crippen molar-refractivity contribution in [2.24, 2.45) is 7.05 Å². The van der Waals surface area contributed by atoms with Crippen LogP contribution in [0.5, 0.6) is 0 Å². The van der Waals surface area contributed by atoms with Crippen LogP contribution < -0.4 is 5.56 Å². The minimum atomic E-state index is -0.299. The number of benzene rings is 1. The molecule has 2 aromatic rings. The Bertz CT molecular complexity index is 611. The van der Waals surface area contributed by atoms with Crippen molar-refractivity contribution in [3.05, 3.63) is 40.2 Å². The minimum Gasteiger partial charge on any atom is -0.298 e. The summed E-state index contributed by atoms with van der Waals surface area (Å²) in [6, 6.07) is 7.80. The highest BCUT2D eigenvalue weighted by atomic mass is 32.2. The number of hydrogen-bond donors (Lipinski definition) is 1. The fourth-order valence-corrected chi connectivity index (χ4v) is 2.44. The molecule has 5 heteroatoms. The summed E-state index contributed by atoms with van der Waals surface area (Å²) in [6.45, 7) is 2.09. The third-order valence-corrected chi connectivity index (χ3v) is 3.55. The van der Waals surface area contributed by atoms with Gasteiger partial charge in [-0.15, -0.1) is 11.8 Å². The Hall–Kier alpha value is -1.75. The van der Waals surface area contributed by atoms with Crippen LogP contribution in [0, 0.1) is 0 Å². The Morgan fingerprint density at radius 2 is 2.00 bits per heavy atom. The van der Waals surface area contributed by atoms with Gasteiger partial charge in [0.15, 0.2) is 6.29 Å². The molecule has 2 rings (SSSR count). The van der Waals surface area contributed by atoms with Crippen molar-refractivity contribution in [2.45, 2.75) is 11.8 Å². The first kappa shape index (κ1) is 12.7. The summed E-state index contributed by atoms with van der Waals surface area (Å²) in [4.78, 5) is 23.8. The monoisotopic (exact) mass is 262 g/mol. The first-order valence-electron chi connectivity index (χ1n) is 5.64. The molecule has 94 valence electrons. The molecule has 0 spiro atoms. The molecule has 0 aliphatic carbocycles. The average Bonchev–Trinajstić information content (AvgIpc) is 2.67. The standard InChI is InChI=1S/C13H14N2O2S/c1-3-18-10-6-4-9(5-7-10)12-11(8-16)13(17)15(2)14-12/h4-8,14H,3H2,1-2H3. The van der Waals surface area contributed by atoms with E-state index in [0.717, 1.165) is 11.3 Å². The Morgan fingerprint density at radius 3 is 2.56 bits per heavy atom. The van der Waals surface area contributed by atoms with E-state index in [0.29, 0.717) is 12.0 Å². The number of aromatic amines is 1. The van der Waals surface area contributed by atoms with Gasteiger partial charge in [-0.05, 0) is 17.9 Å². The number of nitrogens with one attached hydrogen (secondary N) is 1. The molecule has 1 heterocycles. The van der Waals surface area contributed by atoms with Gasteiger partial charge in [-0.2, -0.15) is 0 Å². The molecule has 0 bridgehead atoms. The second kappa shape index (κ2) is 5.27. The number of rotatable bonds is 4. The van der Waals surface area contributed by atoms with E-state index >= 15 is 0 Å². The van der Waals surface area contributed by atoms with Crippen LogP contribution in [0.1, 0.15) is 17.3 Å². The maximum atomic E-state index is 11.7. The van der Waals surface area contributed by atoms with Crippen molar-refractivity contribution in [1.82, 2.24) is 9.78 Å². The molecule has 0 fully saturated rings. The molecule has 0 radical (unpaired) electrons. The minimum absolute atomic E-state index is 0.174. The van der Waals surface area contributed by atoms with Crippen LogP contribution in [0.2, 0.25) is 0 Å². The van der Waals surface area contributed by atoms with Gasteiger partial charge in [0, 0.05) is 17.5 Å². The number of aldehydes is 1. The maximum absolute atomic E-state index is 11.7. The Kier molecular flexibility index (Phi) is 3.72. The maximum Gasteiger partial charge on any atom is 0.277 e. The van der Waals surface area contributed by atoms with Gasteiger partial charge in [0.05, 0.1) is 5.69 Å². The van der Waals surface area contributed by atoms with Crippen LogP contribution in [0.25, 0.3) is 11.3 Å². The van der Waals surface area contributed by atoms with Crippen LogP contribution in [-0.4, -0.2) is 21.8 Å². The molecule has 0 unspecified atom stereocenters. The first-order valence-corrected chi connectivity index (χ1v) is 6.63. The summed E-state index contributed by atoms with van der Waals surface area (Å²) >= 11 is 1.75. The highest BCUT2D eigenvalue weighted by Crippen LogP contribution is 2.23. The Labute approximate surface area is 109 Å². The summed E-state index contributed by atoms with van der Waals surface area (Å²) in [5, 5.41) is 2.90. The van der Waals surface area contributed by atoms with Gasteiger partial charge >= 0.3 is 0 Å². The van der Waals surface area contributed by atoms with Gasteiger partial charge in [0.25, 0.3) is 5.56 Å². The lowest BCUT2D eigenvalue weighted by atomic mass is 10.1. The van der Waals surface area contributed by atoms with Crippen molar-refractivity contribution in [3.8, 4) is 11.3 Å². The summed E-state index contributed by atoms with van der Waals surface area (Å²) in [5.74, 6) is 1.01. The SMILES string of the molecule is CCSc1ccc(-c2[nH]n(C)c(=O)c2C=O)cc1. The van der Waals surface area contributed by atoms with Gasteiger partial charge in [0.2, 0.25) is 0 Å². The van der Waals surface area contributed by atoms with Crippen LogP contribution in [0.4, 0.5) is 0 Å². The number of aromatic nitrogens is 2. The number of H-pyrrole nitrogens is 1. The van der Waals surface area contributed by atoms with E-state index in [9.17, 15) is 9.59 Å². The van der Waals surface area contributed by atoms with Crippen molar-refractivity contribution in [1.29, 1.82) is 0 Å². The molecule has 4 nitrogen and oxygen atoms in total. The molecule has 0 saturated carbocycles. The Morgan fingerprint density at radius 1 is 1.33 bits per heavy atom. The second-order valence-corrected chi connectivity index (χ2v) is 5.18. The van der Waals surface area contributed by atoms with Crippen LogP contribution in [-0.2, 0) is 7.05 Å². The lowest BCUT2D eigenvalue weighted by Crippen LogP contribution is -2.14. The summed E-state index contributed by atoms with van der Waals surface area (Å²) < 4.78 is 1.31. The van der Waals surface area contributed by atoms with Gasteiger partial charge in [-0.3, -0.25) is 19.4 Å². The van der Waals surface area contributed by atoms with Crippen LogP contribution >= 0.6 is 11.8 Å². The zero-order valence-electron chi connectivity index (χ0n) is 10.3. The van der Waals surface area contributed by atoms with E-state index in [-0.39, 0.29) is 11.1 Å². The molecular weight excluding hydrogens is 248 g/mol. The smallest absolute Gasteiger partial charge is 0.277 e. The summed E-state index contributed by atoms with van der Waals surface area (Å²) in [5.41, 5.74) is 1.29. The number of thioether (sulfide) groups is 1. The number of carbonyl (C=O) groups is 1. The number of nitrogens with zero attached hydrogens (tertiary/aromatic N) is 1. The molecule has 0 amide bonds. The summed E-state index contributed by atoms with van der Waals surface area (Å²) in [7, 11) is 1.60. The normalized spacial score (nSPS) is 10.6.